The van der Waals surface area contributed by atoms with Crippen molar-refractivity contribution in [3.63, 3.8) is 0 Å². The van der Waals surface area contributed by atoms with Crippen LogP contribution in [0.25, 0.3) is 11.1 Å². The molecular formula is C20H24O. The van der Waals surface area contributed by atoms with Gasteiger partial charge in [0.1, 0.15) is 0 Å². The van der Waals surface area contributed by atoms with E-state index in [2.05, 4.69) is 32.9 Å². The summed E-state index contributed by atoms with van der Waals surface area (Å²) in [7, 11) is 0. The predicted molar refractivity (Wildman–Crippen MR) is 89.5 cm³/mol. The van der Waals surface area contributed by atoms with E-state index in [1.807, 2.05) is 42.5 Å². The van der Waals surface area contributed by atoms with Gasteiger partial charge in [0.05, 0.1) is 0 Å². The largest absolute Gasteiger partial charge is 0.294 e. The van der Waals surface area contributed by atoms with Crippen LogP contribution in [-0.4, -0.2) is 5.78 Å². The Morgan fingerprint density at radius 1 is 0.857 bits per heavy atom. The van der Waals surface area contributed by atoms with Gasteiger partial charge >= 0.3 is 0 Å². The number of hydrogen-bond donors (Lipinski definition) is 0. The summed E-state index contributed by atoms with van der Waals surface area (Å²) in [5.74, 6) is 0.249. The second-order valence-electron chi connectivity index (χ2n) is 6.78. The number of ketones is 1. The summed E-state index contributed by atoms with van der Waals surface area (Å²) in [4.78, 5) is 12.2. The van der Waals surface area contributed by atoms with E-state index < -0.39 is 0 Å². The highest BCUT2D eigenvalue weighted by molar-refractivity contribution is 5.96. The van der Waals surface area contributed by atoms with Crippen molar-refractivity contribution in [3.8, 4) is 11.1 Å². The maximum absolute atomic E-state index is 12.2. The molecule has 0 atom stereocenters. The number of hydrogen-bond acceptors (Lipinski definition) is 1. The van der Waals surface area contributed by atoms with Gasteiger partial charge in [0.15, 0.2) is 5.78 Å². The van der Waals surface area contributed by atoms with Crippen LogP contribution in [0.1, 0.15) is 50.4 Å². The zero-order chi connectivity index (χ0) is 15.3. The highest BCUT2D eigenvalue weighted by atomic mass is 16.1. The molecule has 1 heteroatoms. The zero-order valence-electron chi connectivity index (χ0n) is 13.2. The molecule has 0 heterocycles. The molecule has 0 aliphatic carbocycles. The van der Waals surface area contributed by atoms with Crippen LogP contribution in [-0.2, 0) is 0 Å². The van der Waals surface area contributed by atoms with E-state index in [0.29, 0.717) is 11.8 Å². The van der Waals surface area contributed by atoms with Crippen LogP contribution in [0.2, 0.25) is 0 Å². The van der Waals surface area contributed by atoms with E-state index in [-0.39, 0.29) is 5.78 Å². The number of carbonyl (C=O) groups excluding carboxylic acids is 1. The van der Waals surface area contributed by atoms with Crippen molar-refractivity contribution in [1.29, 1.82) is 0 Å². The smallest absolute Gasteiger partial charge is 0.162 e. The van der Waals surface area contributed by atoms with Gasteiger partial charge in [-0.2, -0.15) is 0 Å². The Hall–Kier alpha value is -1.89. The molecule has 0 aliphatic rings. The summed E-state index contributed by atoms with van der Waals surface area (Å²) < 4.78 is 0. The Bertz CT molecular complexity index is 573. The molecule has 0 aliphatic heterocycles. The van der Waals surface area contributed by atoms with E-state index in [4.69, 9.17) is 0 Å². The molecule has 0 N–H and O–H groups in total. The first-order valence-electron chi connectivity index (χ1n) is 7.64. The average molecular weight is 280 g/mol. The fraction of sp³-hybridized carbons (Fsp3) is 0.350. The highest BCUT2D eigenvalue weighted by Gasteiger charge is 2.12. The summed E-state index contributed by atoms with van der Waals surface area (Å²) in [5, 5.41) is 0. The van der Waals surface area contributed by atoms with Crippen molar-refractivity contribution >= 4 is 5.78 Å². The molecule has 0 fully saturated rings. The molecule has 0 saturated carbocycles. The van der Waals surface area contributed by atoms with Gasteiger partial charge in [-0.15, -0.1) is 0 Å². The standard InChI is InChI=1S/C20H24O/c1-20(2,3)15-7-10-19(21)18-13-11-17(12-14-18)16-8-5-4-6-9-16/h4-6,8-9,11-14H,7,10,15H2,1-3H3. The van der Waals surface area contributed by atoms with E-state index >= 15 is 0 Å². The van der Waals surface area contributed by atoms with Crippen molar-refractivity contribution in [3.05, 3.63) is 60.2 Å². The van der Waals surface area contributed by atoms with E-state index in [9.17, 15) is 4.79 Å². The van der Waals surface area contributed by atoms with Gasteiger partial charge in [0.2, 0.25) is 0 Å². The van der Waals surface area contributed by atoms with Crippen molar-refractivity contribution in [1.82, 2.24) is 0 Å². The summed E-state index contributed by atoms with van der Waals surface area (Å²) >= 11 is 0. The first kappa shape index (κ1) is 15.5. The van der Waals surface area contributed by atoms with Gasteiger partial charge in [-0.05, 0) is 29.4 Å². The first-order valence-corrected chi connectivity index (χ1v) is 7.64. The lowest BCUT2D eigenvalue weighted by Gasteiger charge is -2.17. The van der Waals surface area contributed by atoms with Gasteiger partial charge in [-0.1, -0.05) is 75.4 Å². The molecule has 0 radical (unpaired) electrons. The lowest BCUT2D eigenvalue weighted by molar-refractivity contribution is 0.0976. The lowest BCUT2D eigenvalue weighted by Crippen LogP contribution is -2.06. The molecule has 110 valence electrons. The summed E-state index contributed by atoms with van der Waals surface area (Å²) in [6, 6.07) is 18.2. The topological polar surface area (TPSA) is 17.1 Å². The van der Waals surface area contributed by atoms with Crippen LogP contribution in [0.15, 0.2) is 54.6 Å². The van der Waals surface area contributed by atoms with Gasteiger partial charge < -0.3 is 0 Å². The van der Waals surface area contributed by atoms with Crippen LogP contribution >= 0.6 is 0 Å². The molecule has 1 nitrogen and oxygen atoms in total. The third-order valence-corrected chi connectivity index (χ3v) is 3.64. The maximum Gasteiger partial charge on any atom is 0.162 e. The third kappa shape index (κ3) is 4.86. The minimum atomic E-state index is 0.249. The molecule has 0 saturated heterocycles. The van der Waals surface area contributed by atoms with Gasteiger partial charge in [-0.3, -0.25) is 4.79 Å². The van der Waals surface area contributed by atoms with E-state index in [1.54, 1.807) is 0 Å². The van der Waals surface area contributed by atoms with Gasteiger partial charge in [0, 0.05) is 12.0 Å². The van der Waals surface area contributed by atoms with Crippen LogP contribution in [0.5, 0.6) is 0 Å². The zero-order valence-corrected chi connectivity index (χ0v) is 13.2. The average Bonchev–Trinajstić information content (AvgIpc) is 2.47. The Kier molecular flexibility index (Phi) is 4.95. The molecule has 21 heavy (non-hydrogen) atoms. The molecule has 0 amide bonds. The normalized spacial score (nSPS) is 11.4. The molecule has 2 aromatic rings. The Morgan fingerprint density at radius 2 is 1.43 bits per heavy atom. The molecule has 0 aromatic heterocycles. The monoisotopic (exact) mass is 280 g/mol. The minimum absolute atomic E-state index is 0.249. The number of benzene rings is 2. The van der Waals surface area contributed by atoms with Gasteiger partial charge in [-0.25, -0.2) is 0 Å². The van der Waals surface area contributed by atoms with Crippen LogP contribution < -0.4 is 0 Å². The van der Waals surface area contributed by atoms with E-state index in [0.717, 1.165) is 24.0 Å². The summed E-state index contributed by atoms with van der Waals surface area (Å²) in [5.41, 5.74) is 3.46. The third-order valence-electron chi connectivity index (χ3n) is 3.64. The van der Waals surface area contributed by atoms with Crippen molar-refractivity contribution < 1.29 is 4.79 Å². The number of carbonyl (C=O) groups is 1. The van der Waals surface area contributed by atoms with Crippen molar-refractivity contribution in [2.24, 2.45) is 5.41 Å². The Balaban J connectivity index is 1.97. The van der Waals surface area contributed by atoms with Crippen LogP contribution in [0.3, 0.4) is 0 Å². The Labute approximate surface area is 128 Å². The second-order valence-corrected chi connectivity index (χ2v) is 6.78. The number of rotatable bonds is 5. The Morgan fingerprint density at radius 3 is 2.00 bits per heavy atom. The summed E-state index contributed by atoms with van der Waals surface area (Å²) in [6.45, 7) is 6.64. The molecule has 0 bridgehead atoms. The quantitative estimate of drug-likeness (QED) is 0.637. The lowest BCUT2D eigenvalue weighted by atomic mass is 9.89. The molecule has 2 aromatic carbocycles. The SMILES string of the molecule is CC(C)(C)CCCC(=O)c1ccc(-c2ccccc2)cc1. The van der Waals surface area contributed by atoms with Crippen molar-refractivity contribution in [2.75, 3.05) is 0 Å². The minimum Gasteiger partial charge on any atom is -0.294 e. The predicted octanol–water partition coefficient (Wildman–Crippen LogP) is 5.75. The van der Waals surface area contributed by atoms with Crippen LogP contribution in [0.4, 0.5) is 0 Å². The van der Waals surface area contributed by atoms with Crippen molar-refractivity contribution in [2.45, 2.75) is 40.0 Å². The molecule has 0 unspecified atom stereocenters. The molecular weight excluding hydrogens is 256 g/mol. The van der Waals surface area contributed by atoms with E-state index in [1.165, 1.54) is 5.56 Å². The second kappa shape index (κ2) is 6.71. The summed E-state index contributed by atoms with van der Waals surface area (Å²) in [6.07, 6.45) is 2.69. The maximum atomic E-state index is 12.2. The highest BCUT2D eigenvalue weighted by Crippen LogP contribution is 2.23. The fourth-order valence-electron chi connectivity index (χ4n) is 2.40. The molecule has 2 rings (SSSR count). The van der Waals surface area contributed by atoms with Crippen LogP contribution in [0, 0.1) is 5.41 Å². The first-order chi connectivity index (χ1) is 9.96. The molecule has 0 spiro atoms. The number of Topliss-reactive ketones (excluding diaryl/α,β-unsaturated/α-hetero) is 1. The fourth-order valence-corrected chi connectivity index (χ4v) is 2.40. The van der Waals surface area contributed by atoms with Gasteiger partial charge in [0.25, 0.3) is 0 Å².